The Labute approximate surface area is 171 Å². The smallest absolute Gasteiger partial charge is 0.321 e. The van der Waals surface area contributed by atoms with Crippen molar-refractivity contribution in [2.75, 3.05) is 18.4 Å². The Hall–Kier alpha value is -2.20. The van der Waals surface area contributed by atoms with Gasteiger partial charge in [0.05, 0.1) is 18.1 Å². The number of amides is 2. The number of nitrogens with one attached hydrogen (secondary N) is 1. The normalized spacial score (nSPS) is 16.9. The van der Waals surface area contributed by atoms with Crippen LogP contribution in [0.25, 0.3) is 0 Å². The molecule has 3 rings (SSSR count). The first kappa shape index (κ1) is 21.5. The third-order valence-corrected chi connectivity index (χ3v) is 7.39. The molecule has 2 aromatic rings. The van der Waals surface area contributed by atoms with E-state index >= 15 is 0 Å². The molecule has 0 aliphatic carbocycles. The molecule has 0 saturated carbocycles. The Morgan fingerprint density at radius 3 is 2.66 bits per heavy atom. The van der Waals surface area contributed by atoms with E-state index in [1.165, 1.54) is 10.9 Å². The molecule has 0 radical (unpaired) electrons. The van der Waals surface area contributed by atoms with Crippen LogP contribution in [0.15, 0.2) is 35.6 Å². The van der Waals surface area contributed by atoms with Gasteiger partial charge in [-0.3, -0.25) is 9.67 Å². The van der Waals surface area contributed by atoms with Gasteiger partial charge in [-0.2, -0.15) is 5.10 Å². The predicted octanol–water partition coefficient (Wildman–Crippen LogP) is 3.58. The number of hydrogen-bond donors (Lipinski definition) is 1. The number of anilines is 1. The zero-order valence-electron chi connectivity index (χ0n) is 16.6. The fourth-order valence-electron chi connectivity index (χ4n) is 3.63. The molecule has 10 heteroatoms. The maximum absolute atomic E-state index is 13.3. The van der Waals surface area contributed by atoms with Crippen molar-refractivity contribution in [2.45, 2.75) is 42.8 Å². The molecule has 29 heavy (non-hydrogen) atoms. The van der Waals surface area contributed by atoms with E-state index < -0.39 is 28.0 Å². The molecule has 1 N–H and O–H groups in total. The van der Waals surface area contributed by atoms with Gasteiger partial charge in [0, 0.05) is 32.3 Å². The zero-order chi connectivity index (χ0) is 21.2. The highest BCUT2D eigenvalue weighted by molar-refractivity contribution is 7.92. The molecule has 0 aromatic carbocycles. The van der Waals surface area contributed by atoms with Crippen LogP contribution in [0.3, 0.4) is 0 Å². The van der Waals surface area contributed by atoms with Gasteiger partial charge in [0.25, 0.3) is 6.43 Å². The van der Waals surface area contributed by atoms with E-state index in [1.54, 1.807) is 36.5 Å². The van der Waals surface area contributed by atoms with Gasteiger partial charge in [-0.05, 0) is 50.0 Å². The second kappa shape index (κ2) is 8.66. The number of urea groups is 1. The number of aryl methyl sites for hydroxylation is 1. The summed E-state index contributed by atoms with van der Waals surface area (Å²) >= 11 is -1.65. The number of halogens is 2. The summed E-state index contributed by atoms with van der Waals surface area (Å²) in [5.41, 5.74) is 0.198. The van der Waals surface area contributed by atoms with Crippen molar-refractivity contribution in [1.82, 2.24) is 19.7 Å². The Bertz CT molecular complexity index is 838. The molecule has 7 nitrogen and oxygen atoms in total. The topological polar surface area (TPSA) is 86.1 Å². The molecular formula is C19H25F2N5O2S. The van der Waals surface area contributed by atoms with Gasteiger partial charge >= 0.3 is 6.03 Å². The number of nitrogens with zero attached hydrogens (tertiary/aromatic N) is 4. The van der Waals surface area contributed by atoms with Crippen LogP contribution in [0.2, 0.25) is 0 Å². The number of aromatic nitrogens is 3. The summed E-state index contributed by atoms with van der Waals surface area (Å²) in [7, 11) is 1.54. The molecule has 2 aromatic heterocycles. The van der Waals surface area contributed by atoms with Crippen molar-refractivity contribution < 1.29 is 18.1 Å². The molecule has 1 fully saturated rings. The van der Waals surface area contributed by atoms with Gasteiger partial charge < -0.3 is 14.8 Å². The molecule has 1 saturated heterocycles. The molecule has 1 aliphatic heterocycles. The summed E-state index contributed by atoms with van der Waals surface area (Å²) in [4.78, 5) is 18.2. The van der Waals surface area contributed by atoms with E-state index in [0.29, 0.717) is 31.6 Å². The fourth-order valence-corrected chi connectivity index (χ4v) is 5.30. The van der Waals surface area contributed by atoms with Gasteiger partial charge in [0.2, 0.25) is 0 Å². The second-order valence-corrected chi connectivity index (χ2v) is 9.69. The minimum absolute atomic E-state index is 0.0245. The van der Waals surface area contributed by atoms with E-state index in [1.807, 2.05) is 13.8 Å². The maximum Gasteiger partial charge on any atom is 0.321 e. The van der Waals surface area contributed by atoms with Crippen LogP contribution >= 0.6 is 0 Å². The van der Waals surface area contributed by atoms with Crippen LogP contribution in [0.1, 0.15) is 38.8 Å². The lowest BCUT2D eigenvalue weighted by Crippen LogP contribution is -2.48. The first-order chi connectivity index (χ1) is 13.7. The number of hydrogen-bond acceptors (Lipinski definition) is 4. The lowest BCUT2D eigenvalue weighted by Gasteiger charge is -2.40. The largest absolute Gasteiger partial charge is 0.611 e. The summed E-state index contributed by atoms with van der Waals surface area (Å²) in [6, 6.07) is 3.30. The number of carbonyl (C=O) groups is 1. The van der Waals surface area contributed by atoms with E-state index in [-0.39, 0.29) is 16.8 Å². The Morgan fingerprint density at radius 1 is 1.38 bits per heavy atom. The number of likely N-dealkylation sites (tertiary alicyclic amines) is 1. The van der Waals surface area contributed by atoms with Crippen LogP contribution in [0.4, 0.5) is 19.3 Å². The molecule has 2 amide bonds. The first-order valence-electron chi connectivity index (χ1n) is 9.39. The second-order valence-electron chi connectivity index (χ2n) is 7.66. The van der Waals surface area contributed by atoms with E-state index in [0.717, 1.165) is 0 Å². The van der Waals surface area contributed by atoms with Crippen molar-refractivity contribution >= 4 is 22.9 Å². The quantitative estimate of drug-likeness (QED) is 0.742. The number of rotatable bonds is 5. The molecule has 1 atom stereocenters. The van der Waals surface area contributed by atoms with Gasteiger partial charge in [-0.15, -0.1) is 0 Å². The molecule has 0 bridgehead atoms. The third kappa shape index (κ3) is 4.69. The SMILES string of the molecule is Cn1cc([S+]([O-])C(C)(C)C2CCN(C(=O)Nc3cccnc3)CC2)c(C(F)F)n1. The monoisotopic (exact) mass is 425 g/mol. The number of piperidine rings is 1. The van der Waals surface area contributed by atoms with Crippen LogP contribution < -0.4 is 5.32 Å². The van der Waals surface area contributed by atoms with Crippen LogP contribution in [-0.4, -0.2) is 48.1 Å². The van der Waals surface area contributed by atoms with Crippen molar-refractivity contribution in [2.24, 2.45) is 13.0 Å². The highest BCUT2D eigenvalue weighted by atomic mass is 32.2. The van der Waals surface area contributed by atoms with Gasteiger partial charge in [-0.25, -0.2) is 13.6 Å². The zero-order valence-corrected chi connectivity index (χ0v) is 17.5. The molecular weight excluding hydrogens is 400 g/mol. The third-order valence-electron chi connectivity index (χ3n) is 5.38. The summed E-state index contributed by atoms with van der Waals surface area (Å²) in [5, 5.41) is 6.58. The summed E-state index contributed by atoms with van der Waals surface area (Å²) in [5.74, 6) is 0.0245. The summed E-state index contributed by atoms with van der Waals surface area (Å²) in [6.45, 7) is 4.68. The average Bonchev–Trinajstić information content (AvgIpc) is 3.10. The summed E-state index contributed by atoms with van der Waals surface area (Å²) in [6.07, 6.45) is 3.13. The summed E-state index contributed by atoms with van der Waals surface area (Å²) < 4.78 is 40.3. The van der Waals surface area contributed by atoms with Crippen LogP contribution in [0.5, 0.6) is 0 Å². The van der Waals surface area contributed by atoms with Crippen molar-refractivity contribution in [3.05, 3.63) is 36.4 Å². The van der Waals surface area contributed by atoms with Crippen molar-refractivity contribution in [3.8, 4) is 0 Å². The Morgan fingerprint density at radius 2 is 2.07 bits per heavy atom. The lowest BCUT2D eigenvalue weighted by molar-refractivity contribution is 0.141. The van der Waals surface area contributed by atoms with Crippen LogP contribution in [-0.2, 0) is 18.2 Å². The van der Waals surface area contributed by atoms with E-state index in [2.05, 4.69) is 15.4 Å². The Balaban J connectivity index is 1.64. The lowest BCUT2D eigenvalue weighted by atomic mass is 9.86. The maximum atomic E-state index is 13.3. The highest BCUT2D eigenvalue weighted by Gasteiger charge is 2.45. The molecule has 3 heterocycles. The Kier molecular flexibility index (Phi) is 6.42. The fraction of sp³-hybridized carbons (Fsp3) is 0.526. The van der Waals surface area contributed by atoms with Crippen LogP contribution in [0, 0.1) is 5.92 Å². The van der Waals surface area contributed by atoms with Crippen molar-refractivity contribution in [1.29, 1.82) is 0 Å². The molecule has 1 aliphatic rings. The minimum atomic E-state index is -2.77. The number of alkyl halides is 2. The predicted molar refractivity (Wildman–Crippen MR) is 106 cm³/mol. The number of pyridine rings is 1. The molecule has 0 spiro atoms. The van der Waals surface area contributed by atoms with E-state index in [9.17, 15) is 18.1 Å². The molecule has 158 valence electrons. The minimum Gasteiger partial charge on any atom is -0.611 e. The first-order valence-corrected chi connectivity index (χ1v) is 10.5. The standard InChI is InChI=1S/C19H25F2N5O2S/c1-19(2,29(28)15-12-25(3)24-16(15)17(20)21)13-6-9-26(10-7-13)18(27)23-14-5-4-8-22-11-14/h4-5,8,11-13,17H,6-7,9-10H2,1-3H3,(H,23,27). The van der Waals surface area contributed by atoms with Gasteiger partial charge in [-0.1, -0.05) is 0 Å². The van der Waals surface area contributed by atoms with Gasteiger partial charge in [0.1, 0.15) is 4.75 Å². The van der Waals surface area contributed by atoms with Crippen molar-refractivity contribution in [3.63, 3.8) is 0 Å². The van der Waals surface area contributed by atoms with E-state index in [4.69, 9.17) is 0 Å². The van der Waals surface area contributed by atoms with Gasteiger partial charge in [0.15, 0.2) is 10.6 Å². The number of carbonyl (C=O) groups excluding carboxylic acids is 1. The highest BCUT2D eigenvalue weighted by Crippen LogP contribution is 2.40. The average molecular weight is 426 g/mol. The molecule has 1 unspecified atom stereocenters.